The van der Waals surface area contributed by atoms with Crippen LogP contribution < -0.4 is 15.4 Å². The van der Waals surface area contributed by atoms with Crippen LogP contribution in [0.1, 0.15) is 23.8 Å². The molecule has 2 aromatic rings. The summed E-state index contributed by atoms with van der Waals surface area (Å²) < 4.78 is 10.1. The molecule has 2 amide bonds. The maximum absolute atomic E-state index is 11.7. The molecule has 0 aliphatic heterocycles. The summed E-state index contributed by atoms with van der Waals surface area (Å²) in [5.41, 5.74) is 0.823. The second-order valence-corrected chi connectivity index (χ2v) is 5.11. The molecule has 0 aliphatic carbocycles. The zero-order valence-corrected chi connectivity index (χ0v) is 13.3. The van der Waals surface area contributed by atoms with Crippen molar-refractivity contribution in [3.8, 4) is 5.75 Å². The minimum Gasteiger partial charge on any atom is -0.497 e. The summed E-state index contributed by atoms with van der Waals surface area (Å²) in [6.07, 6.45) is 0.895. The minimum atomic E-state index is -0.819. The highest BCUT2D eigenvalue weighted by atomic mass is 16.5. The highest BCUT2D eigenvalue weighted by Crippen LogP contribution is 2.15. The Balaban J connectivity index is 1.71. The lowest BCUT2D eigenvalue weighted by molar-refractivity contribution is -0.139. The molecule has 0 saturated carbocycles. The minimum absolute atomic E-state index is 0.160. The largest absolute Gasteiger partial charge is 0.497 e. The Labute approximate surface area is 139 Å². The van der Waals surface area contributed by atoms with Crippen LogP contribution in [0.4, 0.5) is 0 Å². The molecule has 0 aliphatic rings. The summed E-state index contributed by atoms with van der Waals surface area (Å²) in [5, 5.41) is 14.8. The summed E-state index contributed by atoms with van der Waals surface area (Å²) in [6, 6.07) is 10.5. The SMILES string of the molecule is COc1cccc(CNC(=O)C(=O)NCCC(O)c2ccco2)c1. The third-order valence-electron chi connectivity index (χ3n) is 3.37. The first-order valence-electron chi connectivity index (χ1n) is 7.50. The van der Waals surface area contributed by atoms with E-state index in [2.05, 4.69) is 10.6 Å². The molecule has 7 heteroatoms. The van der Waals surface area contributed by atoms with Crippen molar-refractivity contribution in [3.63, 3.8) is 0 Å². The summed E-state index contributed by atoms with van der Waals surface area (Å²) in [4.78, 5) is 23.4. The zero-order chi connectivity index (χ0) is 17.4. The van der Waals surface area contributed by atoms with Crippen LogP contribution in [0.25, 0.3) is 0 Å². The lowest BCUT2D eigenvalue weighted by atomic mass is 10.2. The van der Waals surface area contributed by atoms with Gasteiger partial charge in [-0.25, -0.2) is 0 Å². The Morgan fingerprint density at radius 3 is 2.71 bits per heavy atom. The molecule has 1 atom stereocenters. The Bertz CT molecular complexity index is 669. The van der Waals surface area contributed by atoms with Crippen LogP contribution in [0.2, 0.25) is 0 Å². The van der Waals surface area contributed by atoms with E-state index in [0.29, 0.717) is 11.5 Å². The lowest BCUT2D eigenvalue weighted by Crippen LogP contribution is -2.40. The van der Waals surface area contributed by atoms with Gasteiger partial charge in [0.05, 0.1) is 13.4 Å². The number of ether oxygens (including phenoxy) is 1. The number of carbonyl (C=O) groups is 2. The molecule has 0 spiro atoms. The molecule has 3 N–H and O–H groups in total. The average Bonchev–Trinajstić information content (AvgIpc) is 3.14. The fraction of sp³-hybridized carbons (Fsp3) is 0.294. The van der Waals surface area contributed by atoms with Gasteiger partial charge in [0.25, 0.3) is 0 Å². The maximum atomic E-state index is 11.7. The van der Waals surface area contributed by atoms with Crippen molar-refractivity contribution in [1.29, 1.82) is 0 Å². The van der Waals surface area contributed by atoms with E-state index in [1.54, 1.807) is 37.4 Å². The summed E-state index contributed by atoms with van der Waals surface area (Å²) in [6.45, 7) is 0.381. The summed E-state index contributed by atoms with van der Waals surface area (Å²) >= 11 is 0. The highest BCUT2D eigenvalue weighted by molar-refractivity contribution is 6.35. The normalized spacial score (nSPS) is 11.6. The zero-order valence-electron chi connectivity index (χ0n) is 13.3. The van der Waals surface area contributed by atoms with Gasteiger partial charge in [0, 0.05) is 13.1 Å². The number of furan rings is 1. The molecule has 1 heterocycles. The van der Waals surface area contributed by atoms with Crippen molar-refractivity contribution in [2.24, 2.45) is 0 Å². The Hall–Kier alpha value is -2.80. The topological polar surface area (TPSA) is 101 Å². The molecule has 2 rings (SSSR count). The third kappa shape index (κ3) is 5.13. The van der Waals surface area contributed by atoms with Crippen molar-refractivity contribution in [3.05, 3.63) is 54.0 Å². The molecule has 0 radical (unpaired) electrons. The first-order chi connectivity index (χ1) is 11.6. The van der Waals surface area contributed by atoms with E-state index in [-0.39, 0.29) is 19.5 Å². The predicted molar refractivity (Wildman–Crippen MR) is 86.1 cm³/mol. The van der Waals surface area contributed by atoms with Gasteiger partial charge in [-0.2, -0.15) is 0 Å². The van der Waals surface area contributed by atoms with Crippen molar-refractivity contribution >= 4 is 11.8 Å². The molecular weight excluding hydrogens is 312 g/mol. The second kappa shape index (κ2) is 8.73. The van der Waals surface area contributed by atoms with Crippen molar-refractivity contribution in [2.75, 3.05) is 13.7 Å². The molecule has 24 heavy (non-hydrogen) atoms. The molecule has 1 aromatic carbocycles. The number of methoxy groups -OCH3 is 1. The summed E-state index contributed by atoms with van der Waals surface area (Å²) in [7, 11) is 1.56. The van der Waals surface area contributed by atoms with E-state index in [9.17, 15) is 14.7 Å². The smallest absolute Gasteiger partial charge is 0.309 e. The molecule has 0 bridgehead atoms. The molecule has 1 aromatic heterocycles. The van der Waals surface area contributed by atoms with E-state index in [4.69, 9.17) is 9.15 Å². The monoisotopic (exact) mass is 332 g/mol. The first-order valence-corrected chi connectivity index (χ1v) is 7.50. The molecule has 1 unspecified atom stereocenters. The molecule has 7 nitrogen and oxygen atoms in total. The van der Waals surface area contributed by atoms with Crippen molar-refractivity contribution in [1.82, 2.24) is 10.6 Å². The predicted octanol–water partition coefficient (Wildman–Crippen LogP) is 1.14. The van der Waals surface area contributed by atoms with Gasteiger partial charge in [-0.05, 0) is 36.2 Å². The molecule has 0 fully saturated rings. The number of aliphatic hydroxyl groups excluding tert-OH is 1. The maximum Gasteiger partial charge on any atom is 0.309 e. The van der Waals surface area contributed by atoms with Gasteiger partial charge in [0.2, 0.25) is 0 Å². The van der Waals surface area contributed by atoms with Crippen LogP contribution >= 0.6 is 0 Å². The van der Waals surface area contributed by atoms with Crippen LogP contribution in [0, 0.1) is 0 Å². The summed E-state index contributed by atoms with van der Waals surface area (Å²) in [5.74, 6) is -0.375. The van der Waals surface area contributed by atoms with E-state index < -0.39 is 17.9 Å². The van der Waals surface area contributed by atoms with Crippen LogP contribution in [0.15, 0.2) is 47.1 Å². The van der Waals surface area contributed by atoms with Gasteiger partial charge in [-0.3, -0.25) is 9.59 Å². The lowest BCUT2D eigenvalue weighted by Gasteiger charge is -2.09. The number of hydrogen-bond donors (Lipinski definition) is 3. The molecular formula is C17H20N2O5. The van der Waals surface area contributed by atoms with Crippen molar-refractivity contribution < 1.29 is 23.8 Å². The fourth-order valence-electron chi connectivity index (χ4n) is 2.07. The number of carbonyl (C=O) groups excluding carboxylic acids is 2. The van der Waals surface area contributed by atoms with Gasteiger partial charge in [-0.1, -0.05) is 12.1 Å². The second-order valence-electron chi connectivity index (χ2n) is 5.11. The Morgan fingerprint density at radius 1 is 1.21 bits per heavy atom. The average molecular weight is 332 g/mol. The van der Waals surface area contributed by atoms with Crippen LogP contribution in [0.5, 0.6) is 5.75 Å². The number of amides is 2. The van der Waals surface area contributed by atoms with Gasteiger partial charge in [0.15, 0.2) is 0 Å². The first kappa shape index (κ1) is 17.6. The van der Waals surface area contributed by atoms with E-state index in [1.807, 2.05) is 6.07 Å². The third-order valence-corrected chi connectivity index (χ3v) is 3.37. The number of hydrogen-bond acceptors (Lipinski definition) is 5. The van der Waals surface area contributed by atoms with E-state index >= 15 is 0 Å². The van der Waals surface area contributed by atoms with E-state index in [0.717, 1.165) is 5.56 Å². The highest BCUT2D eigenvalue weighted by Gasteiger charge is 2.15. The van der Waals surface area contributed by atoms with Crippen LogP contribution in [-0.4, -0.2) is 30.6 Å². The number of nitrogens with one attached hydrogen (secondary N) is 2. The van der Waals surface area contributed by atoms with Gasteiger partial charge in [-0.15, -0.1) is 0 Å². The molecule has 128 valence electrons. The quantitative estimate of drug-likeness (QED) is 0.660. The Kier molecular flexibility index (Phi) is 6.39. The van der Waals surface area contributed by atoms with Gasteiger partial charge >= 0.3 is 11.8 Å². The standard InChI is InChI=1S/C17H20N2O5/c1-23-13-5-2-4-12(10-13)11-19-17(22)16(21)18-8-7-14(20)15-6-3-9-24-15/h2-6,9-10,14,20H,7-8,11H2,1H3,(H,18,21)(H,19,22). The van der Waals surface area contributed by atoms with Crippen molar-refractivity contribution in [2.45, 2.75) is 19.1 Å². The number of rotatable bonds is 7. The van der Waals surface area contributed by atoms with Gasteiger partial charge < -0.3 is 24.9 Å². The fourth-order valence-corrected chi connectivity index (χ4v) is 2.07. The van der Waals surface area contributed by atoms with Crippen LogP contribution in [-0.2, 0) is 16.1 Å². The van der Waals surface area contributed by atoms with E-state index in [1.165, 1.54) is 6.26 Å². The Morgan fingerprint density at radius 2 is 2.00 bits per heavy atom. The molecule has 0 saturated heterocycles. The number of benzene rings is 1. The van der Waals surface area contributed by atoms with Crippen LogP contribution in [0.3, 0.4) is 0 Å². The number of aliphatic hydroxyl groups is 1. The van der Waals surface area contributed by atoms with Gasteiger partial charge in [0.1, 0.15) is 17.6 Å².